The summed E-state index contributed by atoms with van der Waals surface area (Å²) in [6, 6.07) is 0.444. The highest BCUT2D eigenvalue weighted by Crippen LogP contribution is 1.96. The van der Waals surface area contributed by atoms with E-state index in [4.69, 9.17) is 0 Å². The van der Waals surface area contributed by atoms with E-state index in [1.807, 2.05) is 6.92 Å². The number of nitrogens with zero attached hydrogens (tertiary/aromatic N) is 1. The molecule has 0 atom stereocenters. The van der Waals surface area contributed by atoms with Gasteiger partial charge >= 0.3 is 0 Å². The van der Waals surface area contributed by atoms with Gasteiger partial charge in [-0.25, -0.2) is 4.72 Å². The van der Waals surface area contributed by atoms with Gasteiger partial charge in [0.05, 0.1) is 0 Å². The van der Waals surface area contributed by atoms with Crippen molar-refractivity contribution in [1.29, 1.82) is 0 Å². The Morgan fingerprint density at radius 3 is 2.35 bits per heavy atom. The van der Waals surface area contributed by atoms with Gasteiger partial charge in [-0.3, -0.25) is 0 Å². The number of hydrogen-bond acceptors (Lipinski definition) is 3. The third-order valence-corrected chi connectivity index (χ3v) is 4.00. The summed E-state index contributed by atoms with van der Waals surface area (Å²) in [5.41, 5.74) is 0. The molecule has 17 heavy (non-hydrogen) atoms. The highest BCUT2D eigenvalue weighted by molar-refractivity contribution is 7.87. The SMILES string of the molecule is CCCCNS(=O)(=O)N(C)CCCNC(C)C. The highest BCUT2D eigenvalue weighted by atomic mass is 32.2. The maximum Gasteiger partial charge on any atom is 0.279 e. The van der Waals surface area contributed by atoms with Gasteiger partial charge in [-0.05, 0) is 19.4 Å². The Kier molecular flexibility index (Phi) is 8.77. The van der Waals surface area contributed by atoms with Crippen molar-refractivity contribution in [3.05, 3.63) is 0 Å². The molecule has 0 aliphatic carbocycles. The first kappa shape index (κ1) is 16.8. The monoisotopic (exact) mass is 265 g/mol. The Balaban J connectivity index is 3.82. The molecule has 6 heteroatoms. The molecule has 0 amide bonds. The molecule has 104 valence electrons. The lowest BCUT2D eigenvalue weighted by molar-refractivity contribution is 0.438. The summed E-state index contributed by atoms with van der Waals surface area (Å²) >= 11 is 0. The highest BCUT2D eigenvalue weighted by Gasteiger charge is 2.15. The van der Waals surface area contributed by atoms with Gasteiger partial charge in [-0.2, -0.15) is 12.7 Å². The first-order valence-corrected chi connectivity index (χ1v) is 7.78. The van der Waals surface area contributed by atoms with Gasteiger partial charge in [-0.1, -0.05) is 27.2 Å². The van der Waals surface area contributed by atoms with Gasteiger partial charge in [0, 0.05) is 26.2 Å². The summed E-state index contributed by atoms with van der Waals surface area (Å²) in [6.07, 6.45) is 2.69. The first-order valence-electron chi connectivity index (χ1n) is 6.34. The Bertz CT molecular complexity index is 278. The molecule has 0 saturated heterocycles. The second-order valence-electron chi connectivity index (χ2n) is 4.54. The van der Waals surface area contributed by atoms with Crippen LogP contribution < -0.4 is 10.0 Å². The molecule has 0 bridgehead atoms. The van der Waals surface area contributed by atoms with Crippen LogP contribution in [0.4, 0.5) is 0 Å². The van der Waals surface area contributed by atoms with Crippen LogP contribution in [-0.2, 0) is 10.2 Å². The van der Waals surface area contributed by atoms with Crippen molar-refractivity contribution in [2.24, 2.45) is 0 Å². The van der Waals surface area contributed by atoms with Crippen molar-refractivity contribution >= 4 is 10.2 Å². The molecule has 2 N–H and O–H groups in total. The number of nitrogens with one attached hydrogen (secondary N) is 2. The van der Waals surface area contributed by atoms with Crippen molar-refractivity contribution in [2.45, 2.75) is 46.1 Å². The van der Waals surface area contributed by atoms with Crippen LogP contribution in [0.1, 0.15) is 40.0 Å². The van der Waals surface area contributed by atoms with Crippen molar-refractivity contribution in [3.63, 3.8) is 0 Å². The van der Waals surface area contributed by atoms with Crippen LogP contribution in [0.15, 0.2) is 0 Å². The molecule has 0 aliphatic heterocycles. The average Bonchev–Trinajstić information content (AvgIpc) is 2.24. The fourth-order valence-electron chi connectivity index (χ4n) is 1.30. The van der Waals surface area contributed by atoms with E-state index < -0.39 is 10.2 Å². The standard InChI is InChI=1S/C11H27N3O2S/c1-5-6-9-13-17(15,16)14(4)10-7-8-12-11(2)3/h11-13H,5-10H2,1-4H3. The Hall–Kier alpha value is -0.170. The van der Waals surface area contributed by atoms with Crippen molar-refractivity contribution in [1.82, 2.24) is 14.3 Å². The molecule has 0 aliphatic rings. The van der Waals surface area contributed by atoms with Gasteiger partial charge < -0.3 is 5.32 Å². The van der Waals surface area contributed by atoms with E-state index in [1.54, 1.807) is 7.05 Å². The van der Waals surface area contributed by atoms with Crippen molar-refractivity contribution in [2.75, 3.05) is 26.7 Å². The number of hydrogen-bond donors (Lipinski definition) is 2. The molecule has 0 aromatic carbocycles. The zero-order chi connectivity index (χ0) is 13.3. The zero-order valence-corrected chi connectivity index (χ0v) is 12.3. The van der Waals surface area contributed by atoms with Crippen LogP contribution in [-0.4, -0.2) is 45.4 Å². The molecule has 0 fully saturated rings. The summed E-state index contributed by atoms with van der Waals surface area (Å²) in [7, 11) is -1.66. The zero-order valence-electron chi connectivity index (χ0n) is 11.5. The Morgan fingerprint density at radius 2 is 1.82 bits per heavy atom. The summed E-state index contributed by atoms with van der Waals surface area (Å²) in [5.74, 6) is 0. The molecule has 0 heterocycles. The lowest BCUT2D eigenvalue weighted by Gasteiger charge is -2.18. The van der Waals surface area contributed by atoms with Gasteiger partial charge in [0.25, 0.3) is 10.2 Å². The molecule has 0 radical (unpaired) electrons. The quantitative estimate of drug-likeness (QED) is 0.578. The third kappa shape index (κ3) is 8.54. The lowest BCUT2D eigenvalue weighted by atomic mass is 10.3. The molecule has 0 unspecified atom stereocenters. The third-order valence-electron chi connectivity index (χ3n) is 2.43. The summed E-state index contributed by atoms with van der Waals surface area (Å²) in [5, 5.41) is 3.26. The Labute approximate surface area is 106 Å². The predicted octanol–water partition coefficient (Wildman–Crippen LogP) is 0.941. The minimum Gasteiger partial charge on any atom is -0.314 e. The van der Waals surface area contributed by atoms with Crippen LogP contribution in [0.5, 0.6) is 0 Å². The average molecular weight is 265 g/mol. The van der Waals surface area contributed by atoms with E-state index in [0.29, 0.717) is 19.1 Å². The summed E-state index contributed by atoms with van der Waals surface area (Å²) < 4.78 is 27.4. The molecular weight excluding hydrogens is 238 g/mol. The van der Waals surface area contributed by atoms with E-state index in [0.717, 1.165) is 25.8 Å². The number of unbranched alkanes of at least 4 members (excludes halogenated alkanes) is 1. The summed E-state index contributed by atoms with van der Waals surface area (Å²) in [6.45, 7) is 8.09. The van der Waals surface area contributed by atoms with Gasteiger partial charge in [0.15, 0.2) is 0 Å². The van der Waals surface area contributed by atoms with Crippen LogP contribution in [0.2, 0.25) is 0 Å². The van der Waals surface area contributed by atoms with E-state index in [-0.39, 0.29) is 0 Å². The summed E-state index contributed by atoms with van der Waals surface area (Å²) in [4.78, 5) is 0. The molecule has 0 aromatic rings. The van der Waals surface area contributed by atoms with Gasteiger partial charge in [-0.15, -0.1) is 0 Å². The molecule has 0 saturated carbocycles. The molecule has 0 rings (SSSR count). The molecular formula is C11H27N3O2S. The van der Waals surface area contributed by atoms with Crippen molar-refractivity contribution < 1.29 is 8.42 Å². The smallest absolute Gasteiger partial charge is 0.279 e. The molecule has 0 aromatic heterocycles. The molecule has 0 spiro atoms. The predicted molar refractivity (Wildman–Crippen MR) is 72.2 cm³/mol. The Morgan fingerprint density at radius 1 is 1.18 bits per heavy atom. The van der Waals surface area contributed by atoms with Gasteiger partial charge in [0.1, 0.15) is 0 Å². The minimum atomic E-state index is -3.28. The van der Waals surface area contributed by atoms with E-state index in [2.05, 4.69) is 23.9 Å². The second-order valence-corrected chi connectivity index (χ2v) is 6.40. The van der Waals surface area contributed by atoms with Gasteiger partial charge in [0.2, 0.25) is 0 Å². The topological polar surface area (TPSA) is 61.4 Å². The van der Waals surface area contributed by atoms with E-state index >= 15 is 0 Å². The second kappa shape index (κ2) is 8.85. The first-order chi connectivity index (χ1) is 7.90. The van der Waals surface area contributed by atoms with Crippen LogP contribution in [0.25, 0.3) is 0 Å². The number of rotatable bonds is 10. The van der Waals surface area contributed by atoms with Crippen LogP contribution >= 0.6 is 0 Å². The normalized spacial score (nSPS) is 12.6. The maximum absolute atomic E-state index is 11.7. The van der Waals surface area contributed by atoms with Crippen LogP contribution in [0, 0.1) is 0 Å². The fraction of sp³-hybridized carbons (Fsp3) is 1.00. The van der Waals surface area contributed by atoms with E-state index in [9.17, 15) is 8.42 Å². The lowest BCUT2D eigenvalue weighted by Crippen LogP contribution is -2.40. The largest absolute Gasteiger partial charge is 0.314 e. The molecule has 5 nitrogen and oxygen atoms in total. The van der Waals surface area contributed by atoms with Crippen LogP contribution in [0.3, 0.4) is 0 Å². The van der Waals surface area contributed by atoms with Crippen molar-refractivity contribution in [3.8, 4) is 0 Å². The fourth-order valence-corrected chi connectivity index (χ4v) is 2.29. The minimum absolute atomic E-state index is 0.444. The maximum atomic E-state index is 11.7. The van der Waals surface area contributed by atoms with E-state index in [1.165, 1.54) is 4.31 Å².